The lowest BCUT2D eigenvalue weighted by Crippen LogP contribution is -2.38. The fourth-order valence-corrected chi connectivity index (χ4v) is 3.88. The van der Waals surface area contributed by atoms with E-state index in [4.69, 9.17) is 9.52 Å². The second-order valence-corrected chi connectivity index (χ2v) is 8.23. The summed E-state index contributed by atoms with van der Waals surface area (Å²) in [6, 6.07) is 21.0. The number of rotatable bonds is 8. The van der Waals surface area contributed by atoms with E-state index in [1.165, 1.54) is 11.2 Å². The predicted octanol–water partition coefficient (Wildman–Crippen LogP) is 5.24. The van der Waals surface area contributed by atoms with Crippen LogP contribution in [0.5, 0.6) is 0 Å². The maximum absolute atomic E-state index is 13.1. The lowest BCUT2D eigenvalue weighted by atomic mass is 10.1. The highest BCUT2D eigenvalue weighted by atomic mass is 16.3. The number of nitrogens with one attached hydrogen (secondary N) is 1. The second-order valence-electron chi connectivity index (χ2n) is 8.23. The van der Waals surface area contributed by atoms with Gasteiger partial charge in [0.25, 0.3) is 5.91 Å². The molecule has 2 amide bonds. The van der Waals surface area contributed by atoms with Crippen molar-refractivity contribution in [2.75, 3.05) is 18.4 Å². The molecule has 0 bridgehead atoms. The lowest BCUT2D eigenvalue weighted by molar-refractivity contribution is -0.117. The largest absolute Gasteiger partial charge is 0.459 e. The van der Waals surface area contributed by atoms with E-state index in [9.17, 15) is 9.59 Å². The number of furan rings is 1. The van der Waals surface area contributed by atoms with Gasteiger partial charge in [0.15, 0.2) is 5.76 Å². The quantitative estimate of drug-likeness (QED) is 0.393. The van der Waals surface area contributed by atoms with Crippen molar-refractivity contribution in [1.82, 2.24) is 14.7 Å². The highest BCUT2D eigenvalue weighted by Gasteiger charge is 2.22. The SMILES string of the molecule is CCCN(CC(=O)Nc1cc(-c2ccccc2)nn1-c1ccc(C)cc1C)C(=O)c1ccco1. The van der Waals surface area contributed by atoms with Crippen LogP contribution < -0.4 is 5.32 Å². The van der Waals surface area contributed by atoms with Crippen molar-refractivity contribution in [3.63, 3.8) is 0 Å². The van der Waals surface area contributed by atoms with Crippen molar-refractivity contribution in [3.05, 3.63) is 89.9 Å². The summed E-state index contributed by atoms with van der Waals surface area (Å²) in [6.07, 6.45) is 2.17. The molecule has 0 aliphatic carbocycles. The molecule has 0 unspecified atom stereocenters. The molecule has 4 aromatic rings. The molecular weight excluding hydrogens is 428 g/mol. The molecule has 7 heteroatoms. The average molecular weight is 457 g/mol. The predicted molar refractivity (Wildman–Crippen MR) is 132 cm³/mol. The molecule has 4 rings (SSSR count). The Hall–Kier alpha value is -4.13. The van der Waals surface area contributed by atoms with Crippen molar-refractivity contribution in [2.24, 2.45) is 0 Å². The van der Waals surface area contributed by atoms with Crippen LogP contribution in [0, 0.1) is 13.8 Å². The van der Waals surface area contributed by atoms with Gasteiger partial charge in [0.05, 0.1) is 17.6 Å². The Labute approximate surface area is 199 Å². The van der Waals surface area contributed by atoms with Gasteiger partial charge in [-0.05, 0) is 44.0 Å². The van der Waals surface area contributed by atoms with Gasteiger partial charge in [-0.15, -0.1) is 0 Å². The molecule has 0 fully saturated rings. The number of carbonyl (C=O) groups is 2. The third-order valence-electron chi connectivity index (χ3n) is 5.47. The number of hydrogen-bond donors (Lipinski definition) is 1. The molecule has 2 heterocycles. The van der Waals surface area contributed by atoms with Crippen molar-refractivity contribution in [3.8, 4) is 16.9 Å². The summed E-state index contributed by atoms with van der Waals surface area (Å²) in [5, 5.41) is 7.76. The Bertz CT molecular complexity index is 1280. The maximum Gasteiger partial charge on any atom is 0.290 e. The van der Waals surface area contributed by atoms with E-state index in [1.54, 1.807) is 16.8 Å². The van der Waals surface area contributed by atoms with E-state index < -0.39 is 0 Å². The van der Waals surface area contributed by atoms with Gasteiger partial charge in [0, 0.05) is 18.2 Å². The van der Waals surface area contributed by atoms with Gasteiger partial charge >= 0.3 is 0 Å². The fourth-order valence-electron chi connectivity index (χ4n) is 3.88. The van der Waals surface area contributed by atoms with Gasteiger partial charge < -0.3 is 14.6 Å². The molecule has 2 aromatic carbocycles. The van der Waals surface area contributed by atoms with Gasteiger partial charge in [-0.1, -0.05) is 55.0 Å². The standard InChI is InChI=1S/C27H28N4O3/c1-4-14-30(27(33)24-11-8-15-34-24)18-26(32)28-25-17-22(21-9-6-5-7-10-21)29-31(25)23-13-12-19(2)16-20(23)3/h5-13,15-17H,4,14,18H2,1-3H3,(H,28,32). The second kappa shape index (κ2) is 10.2. The van der Waals surface area contributed by atoms with Crippen molar-refractivity contribution < 1.29 is 14.0 Å². The minimum Gasteiger partial charge on any atom is -0.459 e. The van der Waals surface area contributed by atoms with Crippen LogP contribution in [0.1, 0.15) is 35.0 Å². The fraction of sp³-hybridized carbons (Fsp3) is 0.222. The number of hydrogen-bond acceptors (Lipinski definition) is 4. The van der Waals surface area contributed by atoms with Gasteiger partial charge in [0.2, 0.25) is 5.91 Å². The van der Waals surface area contributed by atoms with Gasteiger partial charge in [-0.25, -0.2) is 4.68 Å². The van der Waals surface area contributed by atoms with Crippen LogP contribution in [-0.4, -0.2) is 39.6 Å². The normalized spacial score (nSPS) is 10.8. The van der Waals surface area contributed by atoms with Crippen LogP contribution in [-0.2, 0) is 4.79 Å². The van der Waals surface area contributed by atoms with Crippen molar-refractivity contribution in [2.45, 2.75) is 27.2 Å². The highest BCUT2D eigenvalue weighted by molar-refractivity contribution is 5.98. The lowest BCUT2D eigenvalue weighted by Gasteiger charge is -2.20. The topological polar surface area (TPSA) is 80.4 Å². The van der Waals surface area contributed by atoms with Crippen molar-refractivity contribution >= 4 is 17.6 Å². The molecule has 0 atom stereocenters. The summed E-state index contributed by atoms with van der Waals surface area (Å²) in [7, 11) is 0. The minimum atomic E-state index is -0.310. The van der Waals surface area contributed by atoms with Crippen LogP contribution in [0.15, 0.2) is 77.4 Å². The molecular formula is C27H28N4O3. The Morgan fingerprint density at radius 2 is 1.82 bits per heavy atom. The summed E-state index contributed by atoms with van der Waals surface area (Å²) in [6.45, 7) is 6.37. The summed E-state index contributed by atoms with van der Waals surface area (Å²) >= 11 is 0. The van der Waals surface area contributed by atoms with Crippen LogP contribution in [0.25, 0.3) is 16.9 Å². The molecule has 0 spiro atoms. The van der Waals surface area contributed by atoms with E-state index >= 15 is 0 Å². The van der Waals surface area contributed by atoms with Crippen LogP contribution in [0.3, 0.4) is 0 Å². The monoisotopic (exact) mass is 456 g/mol. The molecule has 0 radical (unpaired) electrons. The number of carbonyl (C=O) groups excluding carboxylic acids is 2. The first kappa shape index (κ1) is 23.0. The number of aryl methyl sites for hydroxylation is 2. The summed E-state index contributed by atoms with van der Waals surface area (Å²) in [5.74, 6) is 0.138. The maximum atomic E-state index is 13.1. The smallest absolute Gasteiger partial charge is 0.290 e. The van der Waals surface area contributed by atoms with E-state index in [0.717, 1.165) is 34.5 Å². The zero-order valence-corrected chi connectivity index (χ0v) is 19.6. The zero-order valence-electron chi connectivity index (χ0n) is 19.6. The minimum absolute atomic E-state index is 0.0912. The van der Waals surface area contributed by atoms with Gasteiger partial charge in [-0.2, -0.15) is 5.10 Å². The number of nitrogens with zero attached hydrogens (tertiary/aromatic N) is 3. The highest BCUT2D eigenvalue weighted by Crippen LogP contribution is 2.26. The Morgan fingerprint density at radius 3 is 2.50 bits per heavy atom. The van der Waals surface area contributed by atoms with E-state index in [1.807, 2.05) is 69.3 Å². The van der Waals surface area contributed by atoms with Crippen molar-refractivity contribution in [1.29, 1.82) is 0 Å². The van der Waals surface area contributed by atoms with E-state index in [0.29, 0.717) is 12.4 Å². The van der Waals surface area contributed by atoms with E-state index in [-0.39, 0.29) is 24.1 Å². The third-order valence-corrected chi connectivity index (χ3v) is 5.47. The molecule has 0 aliphatic rings. The first-order valence-electron chi connectivity index (χ1n) is 11.3. The van der Waals surface area contributed by atoms with Gasteiger partial charge in [-0.3, -0.25) is 9.59 Å². The van der Waals surface area contributed by atoms with E-state index in [2.05, 4.69) is 11.4 Å². The number of benzene rings is 2. The number of aromatic nitrogens is 2. The van der Waals surface area contributed by atoms with Crippen LogP contribution in [0.4, 0.5) is 5.82 Å². The average Bonchev–Trinajstić information content (AvgIpc) is 3.50. The molecule has 1 N–H and O–H groups in total. The Kier molecular flexibility index (Phi) is 6.92. The summed E-state index contributed by atoms with van der Waals surface area (Å²) < 4.78 is 6.98. The first-order valence-corrected chi connectivity index (χ1v) is 11.3. The Morgan fingerprint density at radius 1 is 1.03 bits per heavy atom. The molecule has 7 nitrogen and oxygen atoms in total. The molecule has 34 heavy (non-hydrogen) atoms. The summed E-state index contributed by atoms with van der Waals surface area (Å²) in [5.41, 5.74) is 4.75. The number of amides is 2. The third kappa shape index (κ3) is 5.09. The summed E-state index contributed by atoms with van der Waals surface area (Å²) in [4.78, 5) is 27.3. The van der Waals surface area contributed by atoms with Gasteiger partial charge in [0.1, 0.15) is 12.4 Å². The van der Waals surface area contributed by atoms with Crippen LogP contribution >= 0.6 is 0 Å². The molecule has 0 saturated heterocycles. The molecule has 174 valence electrons. The number of anilines is 1. The van der Waals surface area contributed by atoms with Crippen LogP contribution in [0.2, 0.25) is 0 Å². The first-order chi connectivity index (χ1) is 16.5. The molecule has 0 aliphatic heterocycles. The zero-order chi connectivity index (χ0) is 24.1. The Balaban J connectivity index is 1.63. The molecule has 2 aromatic heterocycles. The molecule has 0 saturated carbocycles.